The van der Waals surface area contributed by atoms with Crippen LogP contribution in [0.2, 0.25) is 0 Å². The summed E-state index contributed by atoms with van der Waals surface area (Å²) in [5, 5.41) is 20.9. The van der Waals surface area contributed by atoms with Crippen molar-refractivity contribution >= 4 is 5.97 Å². The molecule has 6 nitrogen and oxygen atoms in total. The minimum atomic E-state index is -0.836. The van der Waals surface area contributed by atoms with Gasteiger partial charge in [0.15, 0.2) is 5.82 Å². The van der Waals surface area contributed by atoms with Crippen LogP contribution in [0.25, 0.3) is 0 Å². The quantitative estimate of drug-likeness (QED) is 0.906. The summed E-state index contributed by atoms with van der Waals surface area (Å²) in [5.41, 5.74) is -0.168. The van der Waals surface area contributed by atoms with Crippen LogP contribution in [-0.2, 0) is 11.2 Å². The summed E-state index contributed by atoms with van der Waals surface area (Å²) in [6, 6.07) is -0.252. The first-order valence-corrected chi connectivity index (χ1v) is 6.49. The van der Waals surface area contributed by atoms with Gasteiger partial charge in [0.1, 0.15) is 0 Å². The summed E-state index contributed by atoms with van der Waals surface area (Å²) >= 11 is 0. The van der Waals surface area contributed by atoms with Gasteiger partial charge in [-0.1, -0.05) is 41.5 Å². The lowest BCUT2D eigenvalue weighted by molar-refractivity contribution is -0.138. The highest BCUT2D eigenvalue weighted by Crippen LogP contribution is 2.34. The number of aromatic nitrogens is 4. The van der Waals surface area contributed by atoms with E-state index in [0.29, 0.717) is 6.42 Å². The average Bonchev–Trinajstić information content (AvgIpc) is 2.57. The number of carboxylic acids is 1. The van der Waals surface area contributed by atoms with Gasteiger partial charge < -0.3 is 5.11 Å². The van der Waals surface area contributed by atoms with Crippen LogP contribution < -0.4 is 0 Å². The van der Waals surface area contributed by atoms with Crippen molar-refractivity contribution in [1.82, 2.24) is 20.2 Å². The summed E-state index contributed by atoms with van der Waals surface area (Å²) in [6.45, 7) is 12.3. The summed E-state index contributed by atoms with van der Waals surface area (Å²) in [7, 11) is 0. The Balaban J connectivity index is 3.10. The lowest BCUT2D eigenvalue weighted by atomic mass is 9.84. The van der Waals surface area contributed by atoms with Crippen molar-refractivity contribution in [2.24, 2.45) is 10.8 Å². The molecular formula is C13H24N4O2. The lowest BCUT2D eigenvalue weighted by Crippen LogP contribution is -2.30. The molecule has 1 heterocycles. The molecule has 0 aromatic carbocycles. The Kier molecular flexibility index (Phi) is 4.32. The maximum Gasteiger partial charge on any atom is 0.305 e. The lowest BCUT2D eigenvalue weighted by Gasteiger charge is -2.30. The molecular weight excluding hydrogens is 244 g/mol. The van der Waals surface area contributed by atoms with Gasteiger partial charge in [-0.05, 0) is 21.3 Å². The summed E-state index contributed by atoms with van der Waals surface area (Å²) in [6.07, 6.45) is 0.734. The molecule has 0 amide bonds. The summed E-state index contributed by atoms with van der Waals surface area (Å²) in [4.78, 5) is 11.1. The largest absolute Gasteiger partial charge is 0.481 e. The Hall–Kier alpha value is -1.46. The smallest absolute Gasteiger partial charge is 0.305 e. The van der Waals surface area contributed by atoms with Gasteiger partial charge in [0, 0.05) is 6.42 Å². The van der Waals surface area contributed by atoms with Crippen LogP contribution >= 0.6 is 0 Å². The number of carbonyl (C=O) groups is 1. The Labute approximate surface area is 114 Å². The van der Waals surface area contributed by atoms with E-state index in [2.05, 4.69) is 36.3 Å². The molecule has 19 heavy (non-hydrogen) atoms. The van der Waals surface area contributed by atoms with E-state index in [-0.39, 0.29) is 23.3 Å². The third-order valence-electron chi connectivity index (χ3n) is 2.91. The molecule has 108 valence electrons. The molecule has 1 atom stereocenters. The van der Waals surface area contributed by atoms with Crippen LogP contribution in [0.5, 0.6) is 0 Å². The molecule has 0 radical (unpaired) electrons. The second-order valence-electron chi connectivity index (χ2n) is 7.26. The number of tetrazole rings is 1. The van der Waals surface area contributed by atoms with E-state index in [1.165, 1.54) is 0 Å². The van der Waals surface area contributed by atoms with Crippen molar-refractivity contribution in [1.29, 1.82) is 0 Å². The standard InChI is InChI=1S/C13H24N4O2/c1-12(2,3)8-10-14-15-16-17(10)9(7-11(18)19)13(4,5)6/h9H,7-8H2,1-6H3,(H,18,19). The topological polar surface area (TPSA) is 80.9 Å². The fourth-order valence-corrected chi connectivity index (χ4v) is 1.97. The van der Waals surface area contributed by atoms with Gasteiger partial charge in [-0.25, -0.2) is 4.68 Å². The number of hydrogen-bond acceptors (Lipinski definition) is 4. The van der Waals surface area contributed by atoms with Gasteiger partial charge in [-0.2, -0.15) is 0 Å². The van der Waals surface area contributed by atoms with Crippen molar-refractivity contribution < 1.29 is 9.90 Å². The molecule has 0 saturated carbocycles. The van der Waals surface area contributed by atoms with Crippen LogP contribution in [0.3, 0.4) is 0 Å². The van der Waals surface area contributed by atoms with Gasteiger partial charge in [-0.3, -0.25) is 4.79 Å². The van der Waals surface area contributed by atoms with E-state index in [9.17, 15) is 4.79 Å². The first-order valence-electron chi connectivity index (χ1n) is 6.49. The molecule has 0 aliphatic carbocycles. The van der Waals surface area contributed by atoms with E-state index in [1.54, 1.807) is 4.68 Å². The molecule has 1 unspecified atom stereocenters. The van der Waals surface area contributed by atoms with E-state index >= 15 is 0 Å². The van der Waals surface area contributed by atoms with E-state index in [4.69, 9.17) is 5.11 Å². The highest BCUT2D eigenvalue weighted by molar-refractivity contribution is 5.67. The molecule has 0 bridgehead atoms. The third kappa shape index (κ3) is 4.61. The van der Waals surface area contributed by atoms with E-state index in [1.807, 2.05) is 20.8 Å². The van der Waals surface area contributed by atoms with Crippen LogP contribution in [-0.4, -0.2) is 31.3 Å². The summed E-state index contributed by atoms with van der Waals surface area (Å²) in [5.74, 6) is -0.0918. The number of carboxylic acid groups (broad SMARTS) is 1. The van der Waals surface area contributed by atoms with Gasteiger partial charge in [-0.15, -0.1) is 5.10 Å². The molecule has 0 aliphatic rings. The van der Waals surface area contributed by atoms with Crippen molar-refractivity contribution in [3.05, 3.63) is 5.82 Å². The molecule has 1 N–H and O–H groups in total. The zero-order chi connectivity index (χ0) is 14.8. The minimum Gasteiger partial charge on any atom is -0.481 e. The van der Waals surface area contributed by atoms with Crippen LogP contribution in [0.1, 0.15) is 59.8 Å². The van der Waals surface area contributed by atoms with Crippen molar-refractivity contribution in [2.75, 3.05) is 0 Å². The van der Waals surface area contributed by atoms with Crippen molar-refractivity contribution in [2.45, 2.75) is 60.4 Å². The maximum atomic E-state index is 11.1. The fourth-order valence-electron chi connectivity index (χ4n) is 1.97. The maximum absolute atomic E-state index is 11.1. The van der Waals surface area contributed by atoms with E-state index in [0.717, 1.165) is 5.82 Å². The fraction of sp³-hybridized carbons (Fsp3) is 0.846. The van der Waals surface area contributed by atoms with Gasteiger partial charge in [0.2, 0.25) is 0 Å². The number of hydrogen-bond donors (Lipinski definition) is 1. The van der Waals surface area contributed by atoms with Crippen molar-refractivity contribution in [3.8, 4) is 0 Å². The molecule has 1 rings (SSSR count). The number of aliphatic carboxylic acids is 1. The number of nitrogens with zero attached hydrogens (tertiary/aromatic N) is 4. The van der Waals surface area contributed by atoms with E-state index < -0.39 is 5.97 Å². The molecule has 6 heteroatoms. The van der Waals surface area contributed by atoms with Gasteiger partial charge in [0.25, 0.3) is 0 Å². The van der Waals surface area contributed by atoms with Crippen LogP contribution in [0.4, 0.5) is 0 Å². The number of rotatable bonds is 4. The molecule has 1 aromatic rings. The second kappa shape index (κ2) is 5.27. The van der Waals surface area contributed by atoms with Gasteiger partial charge in [0.05, 0.1) is 12.5 Å². The Bertz CT molecular complexity index is 440. The first-order chi connectivity index (χ1) is 8.50. The average molecular weight is 268 g/mol. The third-order valence-corrected chi connectivity index (χ3v) is 2.91. The molecule has 0 fully saturated rings. The van der Waals surface area contributed by atoms with Crippen molar-refractivity contribution in [3.63, 3.8) is 0 Å². The first kappa shape index (κ1) is 15.6. The summed E-state index contributed by atoms with van der Waals surface area (Å²) < 4.78 is 1.68. The zero-order valence-electron chi connectivity index (χ0n) is 12.6. The van der Waals surface area contributed by atoms with Gasteiger partial charge >= 0.3 is 5.97 Å². The molecule has 0 aliphatic heterocycles. The Morgan fingerprint density at radius 2 is 1.84 bits per heavy atom. The van der Waals surface area contributed by atoms with Crippen LogP contribution in [0.15, 0.2) is 0 Å². The Morgan fingerprint density at radius 1 is 1.26 bits per heavy atom. The normalized spacial score (nSPS) is 14.4. The Morgan fingerprint density at radius 3 is 2.26 bits per heavy atom. The zero-order valence-corrected chi connectivity index (χ0v) is 12.6. The molecule has 0 saturated heterocycles. The minimum absolute atomic E-state index is 0.0195. The predicted octanol–water partition coefficient (Wildman–Crippen LogP) is 2.32. The highest BCUT2D eigenvalue weighted by Gasteiger charge is 2.32. The molecule has 0 spiro atoms. The molecule has 1 aromatic heterocycles. The SMILES string of the molecule is CC(C)(C)Cc1nnnn1C(CC(=O)O)C(C)(C)C. The van der Waals surface area contributed by atoms with Crippen LogP contribution in [0, 0.1) is 10.8 Å². The monoisotopic (exact) mass is 268 g/mol. The predicted molar refractivity (Wildman–Crippen MR) is 71.7 cm³/mol. The second-order valence-corrected chi connectivity index (χ2v) is 7.26. The highest BCUT2D eigenvalue weighted by atomic mass is 16.4.